The van der Waals surface area contributed by atoms with Crippen molar-refractivity contribution in [2.45, 2.75) is 219 Å². The van der Waals surface area contributed by atoms with Gasteiger partial charge in [0.2, 0.25) is 0 Å². The van der Waals surface area contributed by atoms with Crippen LogP contribution < -0.4 is 18.9 Å². The minimum atomic E-state index is -0.423. The topological polar surface area (TPSA) is 95.8 Å². The van der Waals surface area contributed by atoms with E-state index in [9.17, 15) is 9.59 Å². The number of esters is 2. The quantitative estimate of drug-likeness (QED) is 0.0124. The average molecular weight is 1260 g/mol. The number of hydrogen-bond acceptors (Lipinski definition) is 8. The fraction of sp³-hybridized carbons (Fsp3) is 0.419. The summed E-state index contributed by atoms with van der Waals surface area (Å²) in [5.41, 5.74) is 7.67. The van der Waals surface area contributed by atoms with Gasteiger partial charge in [-0.2, -0.15) is 0 Å². The SMILES string of the molecule is CCCCCCCCCCCCCCCCCCOc1ccc(C(=O)Oc2ccc(N=Cc3ccc(C#Cc4ccccc4C#Cc4ccc(C=Nc5ccc(OC(=O)c6ccc(OCCCCCCCCCCCCCCCCCC)cc6)cc5)cc4)cc3)cc2)cc1. The lowest BCUT2D eigenvalue weighted by molar-refractivity contribution is 0.0725. The minimum absolute atomic E-state index is 0.423. The fourth-order valence-corrected chi connectivity index (χ4v) is 11.2. The first-order chi connectivity index (χ1) is 46.4. The summed E-state index contributed by atoms with van der Waals surface area (Å²) in [5.74, 6) is 14.8. The molecule has 0 N–H and O–H groups in total. The molecule has 0 aliphatic heterocycles. The van der Waals surface area contributed by atoms with E-state index in [-0.39, 0.29) is 0 Å². The number of aliphatic imine (C=N–C) groups is 2. The largest absolute Gasteiger partial charge is 0.494 e. The Labute approximate surface area is 564 Å². The van der Waals surface area contributed by atoms with E-state index in [1.54, 1.807) is 61.0 Å². The summed E-state index contributed by atoms with van der Waals surface area (Å²) in [6.45, 7) is 5.93. The van der Waals surface area contributed by atoms with Crippen molar-refractivity contribution >= 4 is 35.7 Å². The number of carbonyl (C=O) groups is 2. The number of carbonyl (C=O) groups excluding carboxylic acids is 2. The third-order valence-electron chi connectivity index (χ3n) is 17.0. The van der Waals surface area contributed by atoms with E-state index < -0.39 is 11.9 Å². The maximum absolute atomic E-state index is 12.9. The lowest BCUT2D eigenvalue weighted by Gasteiger charge is -2.08. The monoisotopic (exact) mass is 1260 g/mol. The Balaban J connectivity index is 0.739. The molecular formula is C86H104N2O6. The van der Waals surface area contributed by atoms with Crippen LogP contribution in [0.3, 0.4) is 0 Å². The van der Waals surface area contributed by atoms with Gasteiger partial charge in [0.1, 0.15) is 23.0 Å². The van der Waals surface area contributed by atoms with Crippen LogP contribution in [-0.2, 0) is 0 Å². The van der Waals surface area contributed by atoms with Crippen molar-refractivity contribution in [3.63, 3.8) is 0 Å². The van der Waals surface area contributed by atoms with E-state index >= 15 is 0 Å². The first-order valence-electron chi connectivity index (χ1n) is 35.9. The van der Waals surface area contributed by atoms with Gasteiger partial charge in [0, 0.05) is 34.7 Å². The van der Waals surface area contributed by atoms with Gasteiger partial charge in [-0.25, -0.2) is 9.59 Å². The molecule has 0 atom stereocenters. The molecule has 0 aliphatic carbocycles. The van der Waals surface area contributed by atoms with Crippen LogP contribution in [-0.4, -0.2) is 37.6 Å². The molecular weight excluding hydrogens is 1160 g/mol. The summed E-state index contributed by atoms with van der Waals surface area (Å²) in [5, 5.41) is 0. The Kier molecular flexibility index (Phi) is 35.5. The van der Waals surface area contributed by atoms with Gasteiger partial charge in [-0.1, -0.05) is 267 Å². The van der Waals surface area contributed by atoms with Crippen LogP contribution in [0.4, 0.5) is 11.4 Å². The molecule has 0 spiro atoms. The van der Waals surface area contributed by atoms with Gasteiger partial charge in [-0.3, -0.25) is 9.98 Å². The zero-order chi connectivity index (χ0) is 65.6. The zero-order valence-corrected chi connectivity index (χ0v) is 56.7. The van der Waals surface area contributed by atoms with Gasteiger partial charge < -0.3 is 18.9 Å². The molecule has 0 aromatic heterocycles. The van der Waals surface area contributed by atoms with Crippen molar-refractivity contribution in [2.24, 2.45) is 9.98 Å². The molecule has 0 fully saturated rings. The van der Waals surface area contributed by atoms with Crippen LogP contribution >= 0.6 is 0 Å². The maximum atomic E-state index is 12.9. The van der Waals surface area contributed by atoms with Gasteiger partial charge in [-0.05, 0) is 157 Å². The van der Waals surface area contributed by atoms with Gasteiger partial charge >= 0.3 is 11.9 Å². The van der Waals surface area contributed by atoms with Crippen molar-refractivity contribution in [3.05, 3.63) is 214 Å². The van der Waals surface area contributed by atoms with Crippen LogP contribution in [0.15, 0.2) is 180 Å². The Hall–Kier alpha value is -8.46. The van der Waals surface area contributed by atoms with Crippen LogP contribution in [0.2, 0.25) is 0 Å². The fourth-order valence-electron chi connectivity index (χ4n) is 11.2. The van der Waals surface area contributed by atoms with E-state index in [1.807, 2.05) is 121 Å². The molecule has 0 bridgehead atoms. The van der Waals surface area contributed by atoms with Gasteiger partial charge in [0.25, 0.3) is 0 Å². The summed E-state index contributed by atoms with van der Waals surface area (Å²) >= 11 is 0. The molecule has 0 amide bonds. The molecule has 0 heterocycles. The normalized spacial score (nSPS) is 11.1. The molecule has 8 nitrogen and oxygen atoms in total. The maximum Gasteiger partial charge on any atom is 0.343 e. The Morgan fingerprint density at radius 3 is 0.883 bits per heavy atom. The molecule has 494 valence electrons. The second kappa shape index (κ2) is 45.8. The van der Waals surface area contributed by atoms with E-state index in [1.165, 1.54) is 193 Å². The summed E-state index contributed by atoms with van der Waals surface area (Å²) in [4.78, 5) is 35.1. The van der Waals surface area contributed by atoms with Crippen LogP contribution in [0.25, 0.3) is 0 Å². The number of rotatable bonds is 44. The smallest absolute Gasteiger partial charge is 0.343 e. The molecule has 7 aromatic carbocycles. The summed E-state index contributed by atoms with van der Waals surface area (Å²) in [6.07, 6.45) is 46.6. The average Bonchev–Trinajstić information content (AvgIpc) is 1.34. The molecule has 0 saturated heterocycles. The van der Waals surface area contributed by atoms with Crippen molar-refractivity contribution in [1.82, 2.24) is 0 Å². The molecule has 8 heteroatoms. The Bertz CT molecular complexity index is 3170. The van der Waals surface area contributed by atoms with Gasteiger partial charge in [-0.15, -0.1) is 0 Å². The molecule has 7 rings (SSSR count). The molecule has 0 aliphatic rings. The molecule has 0 radical (unpaired) electrons. The molecule has 94 heavy (non-hydrogen) atoms. The number of benzene rings is 7. The minimum Gasteiger partial charge on any atom is -0.494 e. The lowest BCUT2D eigenvalue weighted by atomic mass is 10.0. The highest BCUT2D eigenvalue weighted by Gasteiger charge is 2.12. The Morgan fingerprint density at radius 2 is 0.585 bits per heavy atom. The van der Waals surface area contributed by atoms with Crippen LogP contribution in [0.5, 0.6) is 23.0 Å². The zero-order valence-electron chi connectivity index (χ0n) is 56.7. The molecule has 0 unspecified atom stereocenters. The third-order valence-corrected chi connectivity index (χ3v) is 17.0. The van der Waals surface area contributed by atoms with E-state index in [2.05, 4.69) is 47.5 Å². The second-order valence-corrected chi connectivity index (χ2v) is 24.9. The van der Waals surface area contributed by atoms with Crippen LogP contribution in [0.1, 0.15) is 273 Å². The number of ether oxygens (including phenoxy) is 4. The third kappa shape index (κ3) is 30.5. The number of nitrogens with zero attached hydrogens (tertiary/aromatic N) is 2. The van der Waals surface area contributed by atoms with Crippen molar-refractivity contribution in [1.29, 1.82) is 0 Å². The molecule has 0 saturated carbocycles. The Morgan fingerprint density at radius 1 is 0.309 bits per heavy atom. The highest BCUT2D eigenvalue weighted by molar-refractivity contribution is 5.92. The first-order valence-corrected chi connectivity index (χ1v) is 35.9. The van der Waals surface area contributed by atoms with E-state index in [0.29, 0.717) is 35.8 Å². The number of unbranched alkanes of at least 4 members (excludes halogenated alkanes) is 30. The number of hydrogen-bond donors (Lipinski definition) is 0. The predicted octanol–water partition coefficient (Wildman–Crippen LogP) is 23.7. The second-order valence-electron chi connectivity index (χ2n) is 24.9. The lowest BCUT2D eigenvalue weighted by Crippen LogP contribution is -2.08. The van der Waals surface area contributed by atoms with Gasteiger partial charge in [0.15, 0.2) is 0 Å². The summed E-state index contributed by atoms with van der Waals surface area (Å²) < 4.78 is 23.2. The van der Waals surface area contributed by atoms with Crippen LogP contribution in [0, 0.1) is 23.7 Å². The highest BCUT2D eigenvalue weighted by atomic mass is 16.5. The predicted molar refractivity (Wildman–Crippen MR) is 392 cm³/mol. The van der Waals surface area contributed by atoms with Gasteiger partial charge in [0.05, 0.1) is 35.7 Å². The van der Waals surface area contributed by atoms with Crippen molar-refractivity contribution in [2.75, 3.05) is 13.2 Å². The highest BCUT2D eigenvalue weighted by Crippen LogP contribution is 2.24. The van der Waals surface area contributed by atoms with Crippen molar-refractivity contribution < 1.29 is 28.5 Å². The van der Waals surface area contributed by atoms with E-state index in [4.69, 9.17) is 18.9 Å². The first kappa shape index (κ1) is 73.0. The van der Waals surface area contributed by atoms with E-state index in [0.717, 1.165) is 69.1 Å². The standard InChI is InChI=1S/C86H104N2O6/c1-3-5-7-9-11-13-15-17-19-21-23-25-27-29-31-35-67-91-81-59-51-77(52-60-81)85(89)93-83-63-55-79(56-64-83)87-69-73-43-39-71(40-44-73)47-49-75-37-33-34-38-76(75)50-48-72-41-45-74(46-42-72)70-88-80-57-65-84(66-58-80)94-86(90)78-53-61-82(62-54-78)92-68-36-32-30-28-26-24-22-20-18-16-14-12-10-8-6-4-2/h33-34,37-46,51-66,69-70H,3-32,35-36,67-68H2,1-2H3. The molecule has 7 aromatic rings. The summed E-state index contributed by atoms with van der Waals surface area (Å²) in [7, 11) is 0. The van der Waals surface area contributed by atoms with Crippen molar-refractivity contribution in [3.8, 4) is 46.7 Å². The summed E-state index contributed by atoms with van der Waals surface area (Å²) in [6, 6.07) is 52.3.